The van der Waals surface area contributed by atoms with Crippen LogP contribution in [0.1, 0.15) is 54.5 Å². The van der Waals surface area contributed by atoms with Gasteiger partial charge in [-0.25, -0.2) is 9.97 Å². The second-order valence-corrected chi connectivity index (χ2v) is 7.38. The first kappa shape index (κ1) is 16.9. The summed E-state index contributed by atoms with van der Waals surface area (Å²) in [6.45, 7) is 9.52. The van der Waals surface area contributed by atoms with Gasteiger partial charge in [0.15, 0.2) is 5.82 Å². The molecule has 3 heteroatoms. The molecule has 1 fully saturated rings. The minimum absolute atomic E-state index is 0.792. The van der Waals surface area contributed by atoms with Crippen LogP contribution in [0, 0.1) is 33.6 Å². The maximum Gasteiger partial charge on any atom is 0.162 e. The van der Waals surface area contributed by atoms with E-state index >= 15 is 0 Å². The molecule has 0 radical (unpaired) electrons. The molecule has 2 aromatic rings. The van der Waals surface area contributed by atoms with Gasteiger partial charge in [-0.3, -0.25) is 0 Å². The molecule has 24 heavy (non-hydrogen) atoms. The topological polar surface area (TPSA) is 37.8 Å². The van der Waals surface area contributed by atoms with Crippen molar-refractivity contribution in [3.05, 3.63) is 40.6 Å². The lowest BCUT2D eigenvalue weighted by atomic mass is 9.89. The molecule has 1 aromatic heterocycles. The van der Waals surface area contributed by atoms with Gasteiger partial charge in [0.05, 0.1) is 0 Å². The van der Waals surface area contributed by atoms with Crippen molar-refractivity contribution in [2.75, 3.05) is 11.9 Å². The van der Waals surface area contributed by atoms with Crippen molar-refractivity contribution in [1.29, 1.82) is 0 Å². The third-order valence-electron chi connectivity index (χ3n) is 5.05. The predicted molar refractivity (Wildman–Crippen MR) is 101 cm³/mol. The van der Waals surface area contributed by atoms with E-state index in [0.29, 0.717) is 0 Å². The van der Waals surface area contributed by atoms with Crippen LogP contribution < -0.4 is 5.32 Å². The van der Waals surface area contributed by atoms with Crippen LogP contribution in [0.15, 0.2) is 18.2 Å². The largest absolute Gasteiger partial charge is 0.370 e. The van der Waals surface area contributed by atoms with E-state index in [9.17, 15) is 0 Å². The molecule has 0 saturated heterocycles. The van der Waals surface area contributed by atoms with Gasteiger partial charge in [0.1, 0.15) is 5.82 Å². The number of aromatic nitrogens is 2. The summed E-state index contributed by atoms with van der Waals surface area (Å²) in [5.41, 5.74) is 5.97. The van der Waals surface area contributed by atoms with Gasteiger partial charge in [0, 0.05) is 23.9 Å². The summed E-state index contributed by atoms with van der Waals surface area (Å²) in [6.07, 6.45) is 6.85. The number of anilines is 1. The number of nitrogens with zero attached hydrogens (tertiary/aromatic N) is 2. The smallest absolute Gasteiger partial charge is 0.162 e. The van der Waals surface area contributed by atoms with Crippen LogP contribution in [0.5, 0.6) is 0 Å². The van der Waals surface area contributed by atoms with Crippen molar-refractivity contribution in [2.24, 2.45) is 5.92 Å². The van der Waals surface area contributed by atoms with E-state index in [4.69, 9.17) is 9.97 Å². The highest BCUT2D eigenvalue weighted by atomic mass is 15.0. The summed E-state index contributed by atoms with van der Waals surface area (Å²) in [5.74, 6) is 2.60. The van der Waals surface area contributed by atoms with E-state index in [2.05, 4.69) is 51.2 Å². The Bertz CT molecular complexity index is 692. The van der Waals surface area contributed by atoms with E-state index in [1.54, 1.807) is 0 Å². The van der Waals surface area contributed by atoms with Crippen molar-refractivity contribution in [1.82, 2.24) is 9.97 Å². The lowest BCUT2D eigenvalue weighted by Gasteiger charge is -2.22. The second-order valence-electron chi connectivity index (χ2n) is 7.38. The van der Waals surface area contributed by atoms with Crippen molar-refractivity contribution >= 4 is 5.82 Å². The molecule has 1 N–H and O–H groups in total. The number of hydrogen-bond donors (Lipinski definition) is 1. The Labute approximate surface area is 145 Å². The van der Waals surface area contributed by atoms with Crippen LogP contribution in [-0.2, 0) is 0 Å². The van der Waals surface area contributed by atoms with Gasteiger partial charge in [-0.2, -0.15) is 0 Å². The number of aryl methyl sites for hydroxylation is 4. The van der Waals surface area contributed by atoms with Crippen molar-refractivity contribution in [2.45, 2.75) is 59.8 Å². The first-order valence-electron chi connectivity index (χ1n) is 9.20. The van der Waals surface area contributed by atoms with Crippen LogP contribution in [0.2, 0.25) is 0 Å². The summed E-state index contributed by atoms with van der Waals surface area (Å²) in [4.78, 5) is 9.52. The van der Waals surface area contributed by atoms with Gasteiger partial charge < -0.3 is 5.32 Å². The summed E-state index contributed by atoms with van der Waals surface area (Å²) >= 11 is 0. The van der Waals surface area contributed by atoms with Crippen molar-refractivity contribution < 1.29 is 0 Å². The zero-order valence-corrected chi connectivity index (χ0v) is 15.4. The van der Waals surface area contributed by atoms with Crippen LogP contribution in [-0.4, -0.2) is 16.5 Å². The number of hydrogen-bond acceptors (Lipinski definition) is 3. The van der Waals surface area contributed by atoms with Gasteiger partial charge in [-0.15, -0.1) is 0 Å². The van der Waals surface area contributed by atoms with E-state index in [-0.39, 0.29) is 0 Å². The molecular weight excluding hydrogens is 294 g/mol. The minimum atomic E-state index is 0.792. The van der Waals surface area contributed by atoms with Crippen molar-refractivity contribution in [3.63, 3.8) is 0 Å². The highest BCUT2D eigenvalue weighted by molar-refractivity contribution is 5.66. The van der Waals surface area contributed by atoms with Gasteiger partial charge in [0.25, 0.3) is 0 Å². The lowest BCUT2D eigenvalue weighted by molar-refractivity contribution is 0.373. The fraction of sp³-hybridized carbons (Fsp3) is 0.524. The lowest BCUT2D eigenvalue weighted by Crippen LogP contribution is -2.18. The average molecular weight is 323 g/mol. The Hall–Kier alpha value is -1.90. The molecule has 0 atom stereocenters. The molecule has 3 rings (SSSR count). The molecule has 1 aliphatic rings. The third-order valence-corrected chi connectivity index (χ3v) is 5.05. The fourth-order valence-corrected chi connectivity index (χ4v) is 3.94. The van der Waals surface area contributed by atoms with Gasteiger partial charge in [-0.1, -0.05) is 37.0 Å². The highest BCUT2D eigenvalue weighted by Crippen LogP contribution is 2.28. The Kier molecular flexibility index (Phi) is 5.17. The van der Waals surface area contributed by atoms with Gasteiger partial charge in [-0.05, 0) is 57.6 Å². The van der Waals surface area contributed by atoms with E-state index in [1.165, 1.54) is 54.4 Å². The second kappa shape index (κ2) is 7.33. The van der Waals surface area contributed by atoms with Crippen LogP contribution in [0.3, 0.4) is 0 Å². The molecule has 0 spiro atoms. The monoisotopic (exact) mass is 323 g/mol. The Morgan fingerprint density at radius 1 is 0.917 bits per heavy atom. The van der Waals surface area contributed by atoms with E-state index < -0.39 is 0 Å². The quantitative estimate of drug-likeness (QED) is 0.822. The first-order chi connectivity index (χ1) is 11.5. The van der Waals surface area contributed by atoms with Crippen molar-refractivity contribution in [3.8, 4) is 11.4 Å². The summed E-state index contributed by atoms with van der Waals surface area (Å²) < 4.78 is 0. The van der Waals surface area contributed by atoms with Crippen LogP contribution in [0.4, 0.5) is 5.82 Å². The minimum Gasteiger partial charge on any atom is -0.370 e. The molecule has 1 aromatic carbocycles. The first-order valence-corrected chi connectivity index (χ1v) is 9.20. The molecule has 128 valence electrons. The molecular formula is C21H29N3. The van der Waals surface area contributed by atoms with Crippen LogP contribution in [0.25, 0.3) is 11.4 Å². The molecule has 1 saturated carbocycles. The van der Waals surface area contributed by atoms with Gasteiger partial charge in [0.2, 0.25) is 0 Å². The summed E-state index contributed by atoms with van der Waals surface area (Å²) in [5, 5.41) is 3.56. The number of benzene rings is 1. The molecule has 3 nitrogen and oxygen atoms in total. The Balaban J connectivity index is 1.84. The maximum atomic E-state index is 4.82. The number of rotatable bonds is 4. The highest BCUT2D eigenvalue weighted by Gasteiger charge is 2.15. The zero-order valence-electron chi connectivity index (χ0n) is 15.4. The number of nitrogens with one attached hydrogen (secondary N) is 1. The fourth-order valence-electron chi connectivity index (χ4n) is 3.94. The Morgan fingerprint density at radius 3 is 2.25 bits per heavy atom. The third kappa shape index (κ3) is 3.95. The molecule has 0 aliphatic heterocycles. The Morgan fingerprint density at radius 2 is 1.58 bits per heavy atom. The summed E-state index contributed by atoms with van der Waals surface area (Å²) in [7, 11) is 0. The SMILES string of the molecule is Cc1cc(C)c(-c2nc(C)cc(NCC3CCCCC3)n2)c(C)c1. The van der Waals surface area contributed by atoms with E-state index in [1.807, 2.05) is 0 Å². The van der Waals surface area contributed by atoms with Crippen LogP contribution >= 0.6 is 0 Å². The maximum absolute atomic E-state index is 4.82. The molecule has 0 unspecified atom stereocenters. The molecule has 1 heterocycles. The molecule has 1 aliphatic carbocycles. The van der Waals surface area contributed by atoms with Gasteiger partial charge >= 0.3 is 0 Å². The van der Waals surface area contributed by atoms with E-state index in [0.717, 1.165) is 29.8 Å². The molecule has 0 amide bonds. The predicted octanol–water partition coefficient (Wildman–Crippen LogP) is 5.37. The standard InChI is InChI=1S/C21H29N3/c1-14-10-15(2)20(16(3)11-14)21-23-17(4)12-19(24-21)22-13-18-8-6-5-7-9-18/h10-12,18H,5-9,13H2,1-4H3,(H,22,23,24). The normalized spacial score (nSPS) is 15.5. The zero-order chi connectivity index (χ0) is 17.1. The average Bonchev–Trinajstić information content (AvgIpc) is 2.52. The molecule has 0 bridgehead atoms. The summed E-state index contributed by atoms with van der Waals surface area (Å²) in [6, 6.07) is 6.48.